The Morgan fingerprint density at radius 2 is 2.18 bits per heavy atom. The summed E-state index contributed by atoms with van der Waals surface area (Å²) in [6, 6.07) is 6.03. The predicted molar refractivity (Wildman–Crippen MR) is 72.5 cm³/mol. The predicted octanol–water partition coefficient (Wildman–Crippen LogP) is 2.57. The van der Waals surface area contributed by atoms with Crippen molar-refractivity contribution in [2.45, 2.75) is 26.3 Å². The van der Waals surface area contributed by atoms with Crippen LogP contribution in [0.25, 0.3) is 0 Å². The number of benzene rings is 1. The SMILES string of the molecule is COc1ccc(CC(=O)CNC(C)C)cc1Br. The van der Waals surface area contributed by atoms with Crippen molar-refractivity contribution in [2.75, 3.05) is 13.7 Å². The minimum absolute atomic E-state index is 0.191. The van der Waals surface area contributed by atoms with Crippen LogP contribution in [0.4, 0.5) is 0 Å². The summed E-state index contributed by atoms with van der Waals surface area (Å²) in [5.41, 5.74) is 0.994. The van der Waals surface area contributed by atoms with Gasteiger partial charge in [0.2, 0.25) is 0 Å². The molecule has 94 valence electrons. The first kappa shape index (κ1) is 14.2. The number of methoxy groups -OCH3 is 1. The highest BCUT2D eigenvalue weighted by Crippen LogP contribution is 2.25. The molecule has 0 spiro atoms. The second kappa shape index (κ2) is 6.77. The fourth-order valence-corrected chi connectivity index (χ4v) is 2.02. The summed E-state index contributed by atoms with van der Waals surface area (Å²) in [6.45, 7) is 4.47. The highest BCUT2D eigenvalue weighted by Gasteiger charge is 2.07. The molecular formula is C13H18BrNO2. The lowest BCUT2D eigenvalue weighted by Crippen LogP contribution is -2.29. The fraction of sp³-hybridized carbons (Fsp3) is 0.462. The number of hydrogen-bond acceptors (Lipinski definition) is 3. The third-order valence-electron chi connectivity index (χ3n) is 2.32. The Balaban J connectivity index is 2.57. The number of ketones is 1. The Morgan fingerprint density at radius 3 is 2.71 bits per heavy atom. The first-order valence-electron chi connectivity index (χ1n) is 5.60. The number of rotatable bonds is 6. The standard InChI is InChI=1S/C13H18BrNO2/c1-9(2)15-8-11(16)6-10-4-5-13(17-3)12(14)7-10/h4-5,7,9,15H,6,8H2,1-3H3. The maximum absolute atomic E-state index is 11.7. The molecule has 0 saturated carbocycles. The van der Waals surface area contributed by atoms with Gasteiger partial charge in [0.15, 0.2) is 5.78 Å². The smallest absolute Gasteiger partial charge is 0.150 e. The average Bonchev–Trinajstić information content (AvgIpc) is 2.26. The molecule has 0 aliphatic carbocycles. The van der Waals surface area contributed by atoms with E-state index in [1.807, 2.05) is 32.0 Å². The van der Waals surface area contributed by atoms with Gasteiger partial charge in [-0.2, -0.15) is 0 Å². The molecule has 0 unspecified atom stereocenters. The molecule has 0 fully saturated rings. The lowest BCUT2D eigenvalue weighted by Gasteiger charge is -2.08. The third kappa shape index (κ3) is 4.88. The molecule has 1 rings (SSSR count). The van der Waals surface area contributed by atoms with Crippen LogP contribution in [0.5, 0.6) is 5.75 Å². The number of Topliss-reactive ketones (excluding diaryl/α,β-unsaturated/α-hetero) is 1. The van der Waals surface area contributed by atoms with E-state index in [-0.39, 0.29) is 5.78 Å². The van der Waals surface area contributed by atoms with Crippen LogP contribution in [0.3, 0.4) is 0 Å². The Bertz CT molecular complexity index is 391. The Hall–Kier alpha value is -0.870. The summed E-state index contributed by atoms with van der Waals surface area (Å²) in [4.78, 5) is 11.7. The quantitative estimate of drug-likeness (QED) is 0.877. The second-order valence-electron chi connectivity index (χ2n) is 4.22. The largest absolute Gasteiger partial charge is 0.496 e. The lowest BCUT2D eigenvalue weighted by molar-refractivity contribution is -0.117. The number of nitrogens with one attached hydrogen (secondary N) is 1. The third-order valence-corrected chi connectivity index (χ3v) is 2.94. The molecule has 1 aromatic rings. The van der Waals surface area contributed by atoms with Crippen molar-refractivity contribution in [2.24, 2.45) is 0 Å². The molecule has 0 aromatic heterocycles. The van der Waals surface area contributed by atoms with E-state index >= 15 is 0 Å². The summed E-state index contributed by atoms with van der Waals surface area (Å²) in [5.74, 6) is 0.970. The highest BCUT2D eigenvalue weighted by molar-refractivity contribution is 9.10. The van der Waals surface area contributed by atoms with Crippen LogP contribution in [0, 0.1) is 0 Å². The first-order valence-corrected chi connectivity index (χ1v) is 6.39. The molecule has 1 N–H and O–H groups in total. The molecule has 0 heterocycles. The lowest BCUT2D eigenvalue weighted by atomic mass is 10.1. The minimum Gasteiger partial charge on any atom is -0.496 e. The number of halogens is 1. The van der Waals surface area contributed by atoms with Gasteiger partial charge in [0.25, 0.3) is 0 Å². The molecule has 0 aliphatic rings. The number of ether oxygens (including phenoxy) is 1. The topological polar surface area (TPSA) is 38.3 Å². The van der Waals surface area contributed by atoms with Crippen molar-refractivity contribution < 1.29 is 9.53 Å². The van der Waals surface area contributed by atoms with Gasteiger partial charge < -0.3 is 10.1 Å². The molecule has 17 heavy (non-hydrogen) atoms. The normalized spacial score (nSPS) is 10.6. The number of hydrogen-bond donors (Lipinski definition) is 1. The average molecular weight is 300 g/mol. The van der Waals surface area contributed by atoms with E-state index in [1.54, 1.807) is 7.11 Å². The Kier molecular flexibility index (Phi) is 5.65. The van der Waals surface area contributed by atoms with Crippen molar-refractivity contribution in [1.29, 1.82) is 0 Å². The van der Waals surface area contributed by atoms with E-state index in [1.165, 1.54) is 0 Å². The second-order valence-corrected chi connectivity index (χ2v) is 5.07. The van der Waals surface area contributed by atoms with Gasteiger partial charge in [-0.15, -0.1) is 0 Å². The van der Waals surface area contributed by atoms with Gasteiger partial charge in [-0.05, 0) is 33.6 Å². The molecule has 0 saturated heterocycles. The van der Waals surface area contributed by atoms with Crippen LogP contribution in [0.15, 0.2) is 22.7 Å². The summed E-state index contributed by atoms with van der Waals surface area (Å²) in [5, 5.41) is 3.12. The summed E-state index contributed by atoms with van der Waals surface area (Å²) in [7, 11) is 1.62. The van der Waals surface area contributed by atoms with Gasteiger partial charge in [0.05, 0.1) is 18.1 Å². The summed E-state index contributed by atoms with van der Waals surface area (Å²) >= 11 is 3.41. The van der Waals surface area contributed by atoms with Gasteiger partial charge in [-0.3, -0.25) is 4.79 Å². The van der Waals surface area contributed by atoms with Crippen LogP contribution in [-0.2, 0) is 11.2 Å². The zero-order valence-corrected chi connectivity index (χ0v) is 12.0. The molecule has 0 radical (unpaired) electrons. The molecule has 3 nitrogen and oxygen atoms in total. The minimum atomic E-state index is 0.191. The monoisotopic (exact) mass is 299 g/mol. The first-order chi connectivity index (χ1) is 8.02. The van der Waals surface area contributed by atoms with E-state index < -0.39 is 0 Å². The van der Waals surface area contributed by atoms with Gasteiger partial charge in [0, 0.05) is 12.5 Å². The Morgan fingerprint density at radius 1 is 1.47 bits per heavy atom. The zero-order chi connectivity index (χ0) is 12.8. The van der Waals surface area contributed by atoms with E-state index in [2.05, 4.69) is 21.2 Å². The van der Waals surface area contributed by atoms with Crippen molar-refractivity contribution >= 4 is 21.7 Å². The van der Waals surface area contributed by atoms with Gasteiger partial charge in [0.1, 0.15) is 5.75 Å². The highest BCUT2D eigenvalue weighted by atomic mass is 79.9. The number of carbonyl (C=O) groups excluding carboxylic acids is 1. The van der Waals surface area contributed by atoms with Crippen LogP contribution in [0.1, 0.15) is 19.4 Å². The van der Waals surface area contributed by atoms with Crippen molar-refractivity contribution in [3.63, 3.8) is 0 Å². The molecule has 0 atom stereocenters. The van der Waals surface area contributed by atoms with Crippen LogP contribution >= 0.6 is 15.9 Å². The van der Waals surface area contributed by atoms with Gasteiger partial charge in [-0.1, -0.05) is 19.9 Å². The van der Waals surface area contributed by atoms with E-state index in [4.69, 9.17) is 4.74 Å². The Labute approximate surface area is 111 Å². The molecule has 1 aromatic carbocycles. The maximum Gasteiger partial charge on any atom is 0.150 e. The molecule has 4 heteroatoms. The molecule has 0 aliphatic heterocycles. The van der Waals surface area contributed by atoms with Crippen molar-refractivity contribution in [1.82, 2.24) is 5.32 Å². The maximum atomic E-state index is 11.7. The summed E-state index contributed by atoms with van der Waals surface area (Å²) in [6.07, 6.45) is 0.447. The zero-order valence-electron chi connectivity index (χ0n) is 10.4. The van der Waals surface area contributed by atoms with E-state index in [0.717, 1.165) is 15.8 Å². The summed E-state index contributed by atoms with van der Waals surface area (Å²) < 4.78 is 6.02. The van der Waals surface area contributed by atoms with Crippen LogP contribution < -0.4 is 10.1 Å². The van der Waals surface area contributed by atoms with E-state index in [9.17, 15) is 4.79 Å². The molecular weight excluding hydrogens is 282 g/mol. The van der Waals surface area contributed by atoms with E-state index in [0.29, 0.717) is 19.0 Å². The van der Waals surface area contributed by atoms with Gasteiger partial charge in [-0.25, -0.2) is 0 Å². The van der Waals surface area contributed by atoms with Crippen molar-refractivity contribution in [3.05, 3.63) is 28.2 Å². The van der Waals surface area contributed by atoms with Crippen LogP contribution in [0.2, 0.25) is 0 Å². The molecule has 0 amide bonds. The van der Waals surface area contributed by atoms with Crippen LogP contribution in [-0.4, -0.2) is 25.5 Å². The molecule has 0 bridgehead atoms. The number of carbonyl (C=O) groups is 1. The van der Waals surface area contributed by atoms with Crippen molar-refractivity contribution in [3.8, 4) is 5.75 Å². The fourth-order valence-electron chi connectivity index (χ4n) is 1.43. The van der Waals surface area contributed by atoms with Gasteiger partial charge >= 0.3 is 0 Å².